The normalized spacial score (nSPS) is 20.6. The van der Waals surface area contributed by atoms with Gasteiger partial charge in [-0.2, -0.15) is 0 Å². The number of aliphatic hydroxyl groups excluding tert-OH is 1. The Kier molecular flexibility index (Phi) is 4.40. The van der Waals surface area contributed by atoms with Crippen molar-refractivity contribution in [2.24, 2.45) is 5.92 Å². The molecule has 0 bridgehead atoms. The van der Waals surface area contributed by atoms with Crippen LogP contribution in [-0.2, 0) is 0 Å². The number of rotatable bonds is 3. The quantitative estimate of drug-likeness (QED) is 0.932. The van der Waals surface area contributed by atoms with Gasteiger partial charge in [0, 0.05) is 30.4 Å². The third-order valence-electron chi connectivity index (χ3n) is 3.37. The fraction of sp³-hybridized carbons (Fsp3) is 0.615. The minimum atomic E-state index is 0.297. The second-order valence-electron chi connectivity index (χ2n) is 4.76. The number of anilines is 1. The fourth-order valence-corrected chi connectivity index (χ4v) is 2.99. The van der Waals surface area contributed by atoms with Crippen LogP contribution in [-0.4, -0.2) is 29.8 Å². The van der Waals surface area contributed by atoms with E-state index in [1.807, 2.05) is 6.20 Å². The van der Waals surface area contributed by atoms with Gasteiger partial charge in [-0.05, 0) is 59.7 Å². The van der Waals surface area contributed by atoms with E-state index in [0.29, 0.717) is 12.5 Å². The van der Waals surface area contributed by atoms with Crippen molar-refractivity contribution < 1.29 is 5.11 Å². The monoisotopic (exact) mass is 298 g/mol. The number of nitrogens with zero attached hydrogens (tertiary/aromatic N) is 2. The second kappa shape index (κ2) is 5.83. The van der Waals surface area contributed by atoms with Gasteiger partial charge in [0.25, 0.3) is 0 Å². The van der Waals surface area contributed by atoms with E-state index < -0.39 is 0 Å². The van der Waals surface area contributed by atoms with E-state index in [0.717, 1.165) is 29.8 Å². The van der Waals surface area contributed by atoms with E-state index in [1.165, 1.54) is 18.4 Å². The Hall–Kier alpha value is -0.610. The van der Waals surface area contributed by atoms with Gasteiger partial charge < -0.3 is 10.0 Å². The van der Waals surface area contributed by atoms with E-state index in [9.17, 15) is 0 Å². The molecule has 1 aromatic rings. The van der Waals surface area contributed by atoms with E-state index in [-0.39, 0.29) is 0 Å². The van der Waals surface area contributed by atoms with Gasteiger partial charge in [-0.3, -0.25) is 0 Å². The summed E-state index contributed by atoms with van der Waals surface area (Å²) in [6, 6.07) is 2.11. The van der Waals surface area contributed by atoms with Crippen LogP contribution in [0, 0.1) is 12.8 Å². The Bertz CT molecular complexity index is 382. The SMILES string of the molecule is Cc1cc(Br)cnc1N1CCCC(CCO)C1. The molecule has 2 heterocycles. The van der Waals surface area contributed by atoms with Gasteiger partial charge in [0.15, 0.2) is 0 Å². The maximum Gasteiger partial charge on any atom is 0.131 e. The van der Waals surface area contributed by atoms with E-state index >= 15 is 0 Å². The number of halogens is 1. The molecule has 17 heavy (non-hydrogen) atoms. The van der Waals surface area contributed by atoms with Crippen molar-refractivity contribution in [1.29, 1.82) is 0 Å². The zero-order valence-electron chi connectivity index (χ0n) is 10.2. The number of aryl methyl sites for hydroxylation is 1. The molecule has 1 aliphatic rings. The molecule has 0 aliphatic carbocycles. The Morgan fingerprint density at radius 2 is 2.41 bits per heavy atom. The molecule has 1 N–H and O–H groups in total. The summed E-state index contributed by atoms with van der Waals surface area (Å²) in [7, 11) is 0. The summed E-state index contributed by atoms with van der Waals surface area (Å²) in [5.74, 6) is 1.70. The van der Waals surface area contributed by atoms with Gasteiger partial charge in [-0.25, -0.2) is 4.98 Å². The van der Waals surface area contributed by atoms with Gasteiger partial charge in [0.1, 0.15) is 5.82 Å². The molecule has 1 saturated heterocycles. The summed E-state index contributed by atoms with van der Waals surface area (Å²) in [6.45, 7) is 4.50. The lowest BCUT2D eigenvalue weighted by Crippen LogP contribution is -2.36. The fourth-order valence-electron chi connectivity index (χ4n) is 2.54. The number of aliphatic hydroxyl groups is 1. The molecule has 3 nitrogen and oxygen atoms in total. The Morgan fingerprint density at radius 1 is 1.59 bits per heavy atom. The molecule has 2 rings (SSSR count). The number of pyridine rings is 1. The summed E-state index contributed by atoms with van der Waals surface area (Å²) < 4.78 is 1.03. The van der Waals surface area contributed by atoms with Gasteiger partial charge in [0.05, 0.1) is 0 Å². The number of hydrogen-bond donors (Lipinski definition) is 1. The highest BCUT2D eigenvalue weighted by molar-refractivity contribution is 9.10. The lowest BCUT2D eigenvalue weighted by molar-refractivity contribution is 0.244. The average Bonchev–Trinajstić information content (AvgIpc) is 2.29. The first-order valence-electron chi connectivity index (χ1n) is 6.18. The van der Waals surface area contributed by atoms with Crippen LogP contribution in [0.1, 0.15) is 24.8 Å². The standard InChI is InChI=1S/C13H19BrN2O/c1-10-7-12(14)8-15-13(10)16-5-2-3-11(9-16)4-6-17/h7-8,11,17H,2-6,9H2,1H3. The maximum atomic E-state index is 9.03. The summed E-state index contributed by atoms with van der Waals surface area (Å²) in [5, 5.41) is 9.03. The van der Waals surface area contributed by atoms with Crippen molar-refractivity contribution in [2.75, 3.05) is 24.6 Å². The molecule has 0 radical (unpaired) electrons. The van der Waals surface area contributed by atoms with E-state index in [4.69, 9.17) is 5.11 Å². The lowest BCUT2D eigenvalue weighted by atomic mass is 9.95. The zero-order chi connectivity index (χ0) is 12.3. The van der Waals surface area contributed by atoms with Crippen LogP contribution in [0.3, 0.4) is 0 Å². The van der Waals surface area contributed by atoms with Crippen molar-refractivity contribution in [3.8, 4) is 0 Å². The first-order chi connectivity index (χ1) is 8.20. The maximum absolute atomic E-state index is 9.03. The topological polar surface area (TPSA) is 36.4 Å². The van der Waals surface area contributed by atoms with Crippen LogP contribution in [0.4, 0.5) is 5.82 Å². The molecule has 1 aromatic heterocycles. The first-order valence-corrected chi connectivity index (χ1v) is 6.98. The smallest absolute Gasteiger partial charge is 0.131 e. The highest BCUT2D eigenvalue weighted by atomic mass is 79.9. The molecular weight excluding hydrogens is 280 g/mol. The largest absolute Gasteiger partial charge is 0.396 e. The lowest BCUT2D eigenvalue weighted by Gasteiger charge is -2.34. The molecule has 1 atom stereocenters. The van der Waals surface area contributed by atoms with Crippen molar-refractivity contribution in [1.82, 2.24) is 4.98 Å². The molecule has 94 valence electrons. The van der Waals surface area contributed by atoms with Crippen molar-refractivity contribution in [3.63, 3.8) is 0 Å². The predicted octanol–water partition coefficient (Wildman–Crippen LogP) is 2.75. The summed E-state index contributed by atoms with van der Waals surface area (Å²) in [5.41, 5.74) is 1.21. The molecule has 0 aromatic carbocycles. The Morgan fingerprint density at radius 3 is 3.12 bits per heavy atom. The van der Waals surface area contributed by atoms with Crippen molar-refractivity contribution in [2.45, 2.75) is 26.2 Å². The van der Waals surface area contributed by atoms with Gasteiger partial charge >= 0.3 is 0 Å². The molecule has 1 fully saturated rings. The summed E-state index contributed by atoms with van der Waals surface area (Å²) >= 11 is 3.44. The van der Waals surface area contributed by atoms with Crippen molar-refractivity contribution in [3.05, 3.63) is 22.3 Å². The second-order valence-corrected chi connectivity index (χ2v) is 5.68. The third kappa shape index (κ3) is 3.19. The highest BCUT2D eigenvalue weighted by Crippen LogP contribution is 2.26. The Labute approximate surface area is 111 Å². The van der Waals surface area contributed by atoms with Crippen LogP contribution in [0.2, 0.25) is 0 Å². The van der Waals surface area contributed by atoms with Gasteiger partial charge in [-0.15, -0.1) is 0 Å². The average molecular weight is 299 g/mol. The minimum Gasteiger partial charge on any atom is -0.396 e. The van der Waals surface area contributed by atoms with Crippen LogP contribution >= 0.6 is 15.9 Å². The highest BCUT2D eigenvalue weighted by Gasteiger charge is 2.21. The molecule has 0 saturated carbocycles. The van der Waals surface area contributed by atoms with Gasteiger partial charge in [0.2, 0.25) is 0 Å². The zero-order valence-corrected chi connectivity index (χ0v) is 11.8. The molecule has 4 heteroatoms. The van der Waals surface area contributed by atoms with E-state index in [1.54, 1.807) is 0 Å². The molecule has 0 spiro atoms. The molecule has 1 aliphatic heterocycles. The number of piperidine rings is 1. The molecule has 0 amide bonds. The number of aromatic nitrogens is 1. The summed E-state index contributed by atoms with van der Waals surface area (Å²) in [6.07, 6.45) is 5.19. The molecular formula is C13H19BrN2O. The Balaban J connectivity index is 2.10. The van der Waals surface area contributed by atoms with Crippen LogP contribution in [0.5, 0.6) is 0 Å². The summed E-state index contributed by atoms with van der Waals surface area (Å²) in [4.78, 5) is 6.87. The predicted molar refractivity (Wildman–Crippen MR) is 73.3 cm³/mol. The minimum absolute atomic E-state index is 0.297. The first kappa shape index (κ1) is 12.8. The van der Waals surface area contributed by atoms with Crippen LogP contribution < -0.4 is 4.90 Å². The van der Waals surface area contributed by atoms with Crippen LogP contribution in [0.25, 0.3) is 0 Å². The third-order valence-corrected chi connectivity index (χ3v) is 3.81. The van der Waals surface area contributed by atoms with Gasteiger partial charge in [-0.1, -0.05) is 0 Å². The number of hydrogen-bond acceptors (Lipinski definition) is 3. The van der Waals surface area contributed by atoms with Crippen LogP contribution in [0.15, 0.2) is 16.7 Å². The van der Waals surface area contributed by atoms with Crippen molar-refractivity contribution >= 4 is 21.7 Å². The molecule has 1 unspecified atom stereocenters. The van der Waals surface area contributed by atoms with E-state index in [2.05, 4.69) is 38.8 Å².